The number of anilines is 1. The zero-order valence-electron chi connectivity index (χ0n) is 17.0. The van der Waals surface area contributed by atoms with Gasteiger partial charge < -0.3 is 5.32 Å². The minimum absolute atomic E-state index is 0.000803. The van der Waals surface area contributed by atoms with Crippen LogP contribution in [0.1, 0.15) is 36.9 Å². The van der Waals surface area contributed by atoms with Crippen molar-refractivity contribution < 1.29 is 22.5 Å². The summed E-state index contributed by atoms with van der Waals surface area (Å²) in [5.74, 6) is -0.648. The van der Waals surface area contributed by atoms with Crippen LogP contribution >= 0.6 is 0 Å². The zero-order chi connectivity index (χ0) is 22.5. The molecule has 0 bridgehead atoms. The molecule has 0 unspecified atom stereocenters. The number of aryl methyl sites for hydroxylation is 1. The summed E-state index contributed by atoms with van der Waals surface area (Å²) in [5.41, 5.74) is 1.32. The first-order valence-electron chi connectivity index (χ1n) is 9.26. The van der Waals surface area contributed by atoms with Crippen molar-refractivity contribution >= 4 is 27.3 Å². The van der Waals surface area contributed by atoms with Gasteiger partial charge in [0.25, 0.3) is 5.69 Å². The average molecular weight is 437 g/mol. The lowest BCUT2D eigenvalue weighted by atomic mass is 10.1. The summed E-state index contributed by atoms with van der Waals surface area (Å²) in [5, 5.41) is 13.8. The molecule has 30 heavy (non-hydrogen) atoms. The van der Waals surface area contributed by atoms with Gasteiger partial charge in [-0.05, 0) is 43.5 Å². The maximum Gasteiger partial charge on any atom is 0.271 e. The van der Waals surface area contributed by atoms with Crippen LogP contribution in [0.25, 0.3) is 0 Å². The second-order valence-electron chi connectivity index (χ2n) is 7.01. The molecule has 0 aliphatic rings. The summed E-state index contributed by atoms with van der Waals surface area (Å²) in [7, 11) is -3.71. The predicted octanol–water partition coefficient (Wildman–Crippen LogP) is 3.47. The molecule has 2 aromatic carbocycles. The van der Waals surface area contributed by atoms with Crippen molar-refractivity contribution in [1.29, 1.82) is 0 Å². The van der Waals surface area contributed by atoms with Gasteiger partial charge in [0.05, 0.1) is 22.9 Å². The number of hydrogen-bond donors (Lipinski definition) is 1. The summed E-state index contributed by atoms with van der Waals surface area (Å²) < 4.78 is 38.6. The highest BCUT2D eigenvalue weighted by atomic mass is 32.2. The normalized spacial score (nSPS) is 12.3. The molecule has 0 saturated carbocycles. The van der Waals surface area contributed by atoms with E-state index in [1.54, 1.807) is 26.0 Å². The number of halogens is 1. The number of non-ortho nitro benzene ring substituents is 1. The number of carbonyl (C=O) groups excluding carboxylic acids is 1. The Labute approximate surface area is 174 Å². The molecule has 8 nitrogen and oxygen atoms in total. The van der Waals surface area contributed by atoms with Crippen molar-refractivity contribution in [3.05, 3.63) is 69.5 Å². The smallest absolute Gasteiger partial charge is 0.271 e. The van der Waals surface area contributed by atoms with Gasteiger partial charge in [0.1, 0.15) is 5.82 Å². The zero-order valence-corrected chi connectivity index (χ0v) is 17.8. The highest BCUT2D eigenvalue weighted by Crippen LogP contribution is 2.27. The first-order chi connectivity index (χ1) is 14.0. The van der Waals surface area contributed by atoms with Crippen LogP contribution in [0.15, 0.2) is 42.5 Å². The third-order valence-corrected chi connectivity index (χ3v) is 5.77. The van der Waals surface area contributed by atoms with Crippen molar-refractivity contribution in [2.24, 2.45) is 0 Å². The molecular weight excluding hydrogens is 413 g/mol. The number of nitrogens with zero attached hydrogens (tertiary/aromatic N) is 2. The summed E-state index contributed by atoms with van der Waals surface area (Å²) in [4.78, 5) is 22.7. The molecule has 0 aromatic heterocycles. The van der Waals surface area contributed by atoms with E-state index in [1.807, 2.05) is 0 Å². The summed E-state index contributed by atoms with van der Waals surface area (Å²) >= 11 is 0. The summed E-state index contributed by atoms with van der Waals surface area (Å²) in [6, 6.07) is 9.46. The molecule has 1 amide bonds. The SMILES string of the molecule is Cc1ccc([N+](=O)[O-])cc1N(CCCC(=O)N[C@H](C)c1ccc(F)cc1)S(C)(=O)=O. The largest absolute Gasteiger partial charge is 0.350 e. The van der Waals surface area contributed by atoms with Crippen LogP contribution in [-0.2, 0) is 14.8 Å². The van der Waals surface area contributed by atoms with E-state index >= 15 is 0 Å². The lowest BCUT2D eigenvalue weighted by molar-refractivity contribution is -0.384. The molecule has 1 N–H and O–H groups in total. The quantitative estimate of drug-likeness (QED) is 0.477. The second kappa shape index (κ2) is 9.66. The fourth-order valence-electron chi connectivity index (χ4n) is 2.98. The molecule has 0 radical (unpaired) electrons. The van der Waals surface area contributed by atoms with Crippen molar-refractivity contribution in [1.82, 2.24) is 5.32 Å². The van der Waals surface area contributed by atoms with Crippen LogP contribution in [0.4, 0.5) is 15.8 Å². The fourth-order valence-corrected chi connectivity index (χ4v) is 3.99. The molecule has 0 saturated heterocycles. The minimum atomic E-state index is -3.71. The number of benzene rings is 2. The monoisotopic (exact) mass is 437 g/mol. The van der Waals surface area contributed by atoms with Crippen LogP contribution in [0.3, 0.4) is 0 Å². The van der Waals surface area contributed by atoms with Crippen molar-refractivity contribution in [3.63, 3.8) is 0 Å². The van der Waals surface area contributed by atoms with Gasteiger partial charge in [-0.3, -0.25) is 19.2 Å². The Morgan fingerprint density at radius 3 is 2.43 bits per heavy atom. The number of hydrogen-bond acceptors (Lipinski definition) is 5. The molecule has 0 spiro atoms. The number of nitrogens with one attached hydrogen (secondary N) is 1. The molecule has 0 aliphatic heterocycles. The molecule has 1 atom stereocenters. The summed E-state index contributed by atoms with van der Waals surface area (Å²) in [6.07, 6.45) is 1.30. The Morgan fingerprint density at radius 1 is 1.23 bits per heavy atom. The highest BCUT2D eigenvalue weighted by Gasteiger charge is 2.22. The molecule has 162 valence electrons. The molecule has 2 aromatic rings. The fraction of sp³-hybridized carbons (Fsp3) is 0.350. The standard InChI is InChI=1S/C20H24FN3O5S/c1-14-6-11-18(24(26)27)13-19(14)23(30(3,28)29)12-4-5-20(25)22-15(2)16-7-9-17(21)10-8-16/h6-11,13,15H,4-5,12H2,1-3H3,(H,22,25)/t15-/m1/s1. The van der Waals surface area contributed by atoms with E-state index in [4.69, 9.17) is 0 Å². The average Bonchev–Trinajstić information content (AvgIpc) is 2.65. The van der Waals surface area contributed by atoms with Crippen LogP contribution in [-0.4, -0.2) is 32.0 Å². The third kappa shape index (κ3) is 6.24. The van der Waals surface area contributed by atoms with E-state index in [1.165, 1.54) is 30.3 Å². The molecular formula is C20H24FN3O5S. The van der Waals surface area contributed by atoms with Crippen molar-refractivity contribution in [3.8, 4) is 0 Å². The van der Waals surface area contributed by atoms with Crippen LogP contribution in [0.2, 0.25) is 0 Å². The molecule has 0 aliphatic carbocycles. The van der Waals surface area contributed by atoms with Gasteiger partial charge in [0, 0.05) is 25.1 Å². The second-order valence-corrected chi connectivity index (χ2v) is 8.91. The predicted molar refractivity (Wildman–Crippen MR) is 112 cm³/mol. The van der Waals surface area contributed by atoms with E-state index in [2.05, 4.69) is 5.32 Å². The van der Waals surface area contributed by atoms with Gasteiger partial charge in [-0.1, -0.05) is 18.2 Å². The number of nitro groups is 1. The number of carbonyl (C=O) groups is 1. The van der Waals surface area contributed by atoms with Gasteiger partial charge in [0.15, 0.2) is 0 Å². The van der Waals surface area contributed by atoms with Crippen molar-refractivity contribution in [2.45, 2.75) is 32.7 Å². The highest BCUT2D eigenvalue weighted by molar-refractivity contribution is 7.92. The Bertz CT molecular complexity index is 1030. The van der Waals surface area contributed by atoms with Gasteiger partial charge in [-0.15, -0.1) is 0 Å². The Morgan fingerprint density at radius 2 is 1.87 bits per heavy atom. The van der Waals surface area contributed by atoms with Crippen LogP contribution in [0.5, 0.6) is 0 Å². The number of amides is 1. The Balaban J connectivity index is 2.04. The maximum atomic E-state index is 13.0. The van der Waals surface area contributed by atoms with E-state index in [9.17, 15) is 27.7 Å². The van der Waals surface area contributed by atoms with Crippen molar-refractivity contribution in [2.75, 3.05) is 17.1 Å². The van der Waals surface area contributed by atoms with E-state index < -0.39 is 14.9 Å². The number of nitro benzene ring substituents is 1. The van der Waals surface area contributed by atoms with Gasteiger partial charge in [-0.25, -0.2) is 12.8 Å². The van der Waals surface area contributed by atoms with Gasteiger partial charge in [-0.2, -0.15) is 0 Å². The van der Waals surface area contributed by atoms with E-state index in [0.717, 1.165) is 16.1 Å². The number of rotatable bonds is 9. The molecule has 10 heteroatoms. The molecule has 2 rings (SSSR count). The Hall–Kier alpha value is -3.01. The topological polar surface area (TPSA) is 110 Å². The van der Waals surface area contributed by atoms with Gasteiger partial charge >= 0.3 is 0 Å². The minimum Gasteiger partial charge on any atom is -0.350 e. The summed E-state index contributed by atoms with van der Waals surface area (Å²) in [6.45, 7) is 3.42. The first kappa shape index (κ1) is 23.3. The molecule has 0 heterocycles. The van der Waals surface area contributed by atoms with Crippen LogP contribution in [0, 0.1) is 22.9 Å². The Kier molecular flexibility index (Phi) is 7.49. The molecule has 0 fully saturated rings. The maximum absolute atomic E-state index is 13.0. The first-order valence-corrected chi connectivity index (χ1v) is 11.1. The van der Waals surface area contributed by atoms with E-state index in [0.29, 0.717) is 5.56 Å². The van der Waals surface area contributed by atoms with E-state index in [-0.39, 0.29) is 48.5 Å². The van der Waals surface area contributed by atoms with Gasteiger partial charge in [0.2, 0.25) is 15.9 Å². The lowest BCUT2D eigenvalue weighted by Crippen LogP contribution is -2.33. The lowest BCUT2D eigenvalue weighted by Gasteiger charge is -2.24. The van der Waals surface area contributed by atoms with Crippen LogP contribution < -0.4 is 9.62 Å². The number of sulfonamides is 1. The third-order valence-electron chi connectivity index (χ3n) is 4.59.